The van der Waals surface area contributed by atoms with E-state index in [4.69, 9.17) is 9.47 Å². The first-order chi connectivity index (χ1) is 10.6. The van der Waals surface area contributed by atoms with Crippen LogP contribution in [0.5, 0.6) is 5.75 Å². The first kappa shape index (κ1) is 18.0. The van der Waals surface area contributed by atoms with Gasteiger partial charge in [-0.05, 0) is 32.0 Å². The van der Waals surface area contributed by atoms with E-state index >= 15 is 0 Å². The molecule has 0 fully saturated rings. The number of carbonyl (C=O) groups excluding carboxylic acids is 2. The van der Waals surface area contributed by atoms with Gasteiger partial charge in [-0.25, -0.2) is 0 Å². The predicted molar refractivity (Wildman–Crippen MR) is 85.0 cm³/mol. The summed E-state index contributed by atoms with van der Waals surface area (Å²) in [5.74, 6) is 0.0894. The number of hydrogen-bond acceptors (Lipinski definition) is 5. The number of esters is 1. The van der Waals surface area contributed by atoms with Gasteiger partial charge in [0.05, 0.1) is 32.5 Å². The van der Waals surface area contributed by atoms with Crippen molar-refractivity contribution in [3.63, 3.8) is 0 Å². The van der Waals surface area contributed by atoms with E-state index in [1.165, 1.54) is 0 Å². The molecule has 0 aliphatic rings. The number of carbonyl (C=O) groups is 2. The molecule has 1 aromatic carbocycles. The molecule has 1 rings (SSSR count). The smallest absolute Gasteiger partial charge is 0.320 e. The van der Waals surface area contributed by atoms with Crippen molar-refractivity contribution in [1.82, 2.24) is 4.90 Å². The van der Waals surface area contributed by atoms with Gasteiger partial charge in [0.25, 0.3) is 0 Å². The van der Waals surface area contributed by atoms with Crippen LogP contribution < -0.4 is 10.1 Å². The zero-order valence-electron chi connectivity index (χ0n) is 13.4. The van der Waals surface area contributed by atoms with Gasteiger partial charge in [0, 0.05) is 0 Å². The van der Waals surface area contributed by atoms with Crippen molar-refractivity contribution in [3.05, 3.63) is 24.3 Å². The topological polar surface area (TPSA) is 67.9 Å². The molecule has 0 saturated carbocycles. The van der Waals surface area contributed by atoms with Gasteiger partial charge in [0.2, 0.25) is 5.91 Å². The van der Waals surface area contributed by atoms with E-state index in [0.29, 0.717) is 24.6 Å². The fraction of sp³-hybridized carbons (Fsp3) is 0.500. The summed E-state index contributed by atoms with van der Waals surface area (Å²) in [7, 11) is 1.55. The third kappa shape index (κ3) is 6.13. The lowest BCUT2D eigenvalue weighted by Gasteiger charge is -2.20. The van der Waals surface area contributed by atoms with Crippen molar-refractivity contribution in [3.8, 4) is 5.75 Å². The Bertz CT molecular complexity index is 491. The van der Waals surface area contributed by atoms with Gasteiger partial charge in [0.15, 0.2) is 0 Å². The number of nitrogens with zero attached hydrogens (tertiary/aromatic N) is 1. The van der Waals surface area contributed by atoms with E-state index in [9.17, 15) is 9.59 Å². The Kier molecular flexibility index (Phi) is 7.99. The van der Waals surface area contributed by atoms with Crippen LogP contribution in [0.25, 0.3) is 0 Å². The van der Waals surface area contributed by atoms with Crippen molar-refractivity contribution in [2.75, 3.05) is 38.7 Å². The highest BCUT2D eigenvalue weighted by atomic mass is 16.5. The Morgan fingerprint density at radius 2 is 1.91 bits per heavy atom. The minimum atomic E-state index is -0.318. The highest BCUT2D eigenvalue weighted by Crippen LogP contribution is 2.22. The second kappa shape index (κ2) is 9.78. The standard InChI is InChI=1S/C16H24N2O4/c1-4-10-18(12-16(20)22-5-2)11-15(19)17-13-8-6-7-9-14(13)21-3/h6-9H,4-5,10-12H2,1-3H3,(H,17,19). The van der Waals surface area contributed by atoms with Gasteiger partial charge in [-0.15, -0.1) is 0 Å². The summed E-state index contributed by atoms with van der Waals surface area (Å²) in [4.78, 5) is 25.5. The number of ether oxygens (including phenoxy) is 2. The van der Waals surface area contributed by atoms with Gasteiger partial charge in [-0.3, -0.25) is 14.5 Å². The van der Waals surface area contributed by atoms with Gasteiger partial charge >= 0.3 is 5.97 Å². The molecular weight excluding hydrogens is 284 g/mol. The SMILES string of the molecule is CCCN(CC(=O)Nc1ccccc1OC)CC(=O)OCC. The summed E-state index contributed by atoms with van der Waals surface area (Å²) in [6.45, 7) is 4.99. The van der Waals surface area contributed by atoms with Gasteiger partial charge in [-0.1, -0.05) is 19.1 Å². The Labute approximate surface area is 131 Å². The lowest BCUT2D eigenvalue weighted by Crippen LogP contribution is -2.38. The monoisotopic (exact) mass is 308 g/mol. The molecule has 6 heteroatoms. The van der Waals surface area contributed by atoms with Crippen LogP contribution in [-0.2, 0) is 14.3 Å². The predicted octanol–water partition coefficient (Wildman–Crippen LogP) is 1.91. The van der Waals surface area contributed by atoms with Crippen LogP contribution in [0.2, 0.25) is 0 Å². The number of para-hydroxylation sites is 2. The first-order valence-electron chi connectivity index (χ1n) is 7.41. The van der Waals surface area contributed by atoms with E-state index in [1.54, 1.807) is 31.1 Å². The van der Waals surface area contributed by atoms with Crippen molar-refractivity contribution >= 4 is 17.6 Å². The summed E-state index contributed by atoms with van der Waals surface area (Å²) < 4.78 is 10.1. The number of hydrogen-bond donors (Lipinski definition) is 1. The molecule has 0 heterocycles. The van der Waals surface area contributed by atoms with E-state index in [0.717, 1.165) is 6.42 Å². The zero-order valence-corrected chi connectivity index (χ0v) is 13.4. The number of amides is 1. The van der Waals surface area contributed by atoms with Crippen molar-refractivity contribution < 1.29 is 19.1 Å². The maximum Gasteiger partial charge on any atom is 0.320 e. The molecule has 0 saturated heterocycles. The summed E-state index contributed by atoms with van der Waals surface area (Å²) in [6.07, 6.45) is 0.849. The molecule has 0 radical (unpaired) electrons. The molecule has 22 heavy (non-hydrogen) atoms. The highest BCUT2D eigenvalue weighted by Gasteiger charge is 2.15. The lowest BCUT2D eigenvalue weighted by molar-refractivity contribution is -0.144. The molecule has 0 bridgehead atoms. The number of nitrogens with one attached hydrogen (secondary N) is 1. The molecule has 0 atom stereocenters. The average molecular weight is 308 g/mol. The second-order valence-corrected chi connectivity index (χ2v) is 4.76. The van der Waals surface area contributed by atoms with Crippen molar-refractivity contribution in [1.29, 1.82) is 0 Å². The molecule has 122 valence electrons. The zero-order chi connectivity index (χ0) is 16.4. The fourth-order valence-corrected chi connectivity index (χ4v) is 2.06. The molecule has 0 unspecified atom stereocenters. The maximum absolute atomic E-state index is 12.1. The van der Waals surface area contributed by atoms with Crippen molar-refractivity contribution in [2.24, 2.45) is 0 Å². The minimum Gasteiger partial charge on any atom is -0.495 e. The Balaban J connectivity index is 2.61. The number of methoxy groups -OCH3 is 1. The van der Waals surface area contributed by atoms with Gasteiger partial charge in [-0.2, -0.15) is 0 Å². The molecule has 0 aromatic heterocycles. The van der Waals surface area contributed by atoms with Crippen LogP contribution in [0, 0.1) is 0 Å². The van der Waals surface area contributed by atoms with Crippen LogP contribution in [0.1, 0.15) is 20.3 Å². The number of rotatable bonds is 9. The summed E-state index contributed by atoms with van der Waals surface area (Å²) in [6, 6.07) is 7.20. The molecular formula is C16H24N2O4. The quantitative estimate of drug-likeness (QED) is 0.706. The van der Waals surface area contributed by atoms with Crippen molar-refractivity contribution in [2.45, 2.75) is 20.3 Å². The molecule has 1 N–H and O–H groups in total. The molecule has 1 aromatic rings. The Hall–Kier alpha value is -2.08. The van der Waals surface area contributed by atoms with Crippen LogP contribution in [0.4, 0.5) is 5.69 Å². The number of anilines is 1. The van der Waals surface area contributed by atoms with Crippen LogP contribution in [0.15, 0.2) is 24.3 Å². The molecule has 6 nitrogen and oxygen atoms in total. The molecule has 0 aliphatic heterocycles. The van der Waals surface area contributed by atoms with Gasteiger partial charge in [0.1, 0.15) is 5.75 Å². The maximum atomic E-state index is 12.1. The fourth-order valence-electron chi connectivity index (χ4n) is 2.06. The minimum absolute atomic E-state index is 0.112. The van der Waals surface area contributed by atoms with E-state index in [2.05, 4.69) is 5.32 Å². The largest absolute Gasteiger partial charge is 0.495 e. The highest BCUT2D eigenvalue weighted by molar-refractivity contribution is 5.93. The second-order valence-electron chi connectivity index (χ2n) is 4.76. The van der Waals surface area contributed by atoms with Crippen LogP contribution in [0.3, 0.4) is 0 Å². The normalized spacial score (nSPS) is 10.4. The van der Waals surface area contributed by atoms with Crippen LogP contribution >= 0.6 is 0 Å². The average Bonchev–Trinajstić information content (AvgIpc) is 2.48. The van der Waals surface area contributed by atoms with E-state index in [1.807, 2.05) is 19.1 Å². The lowest BCUT2D eigenvalue weighted by atomic mass is 10.3. The van der Waals surface area contributed by atoms with Gasteiger partial charge < -0.3 is 14.8 Å². The Morgan fingerprint density at radius 1 is 1.18 bits per heavy atom. The molecule has 0 aliphatic carbocycles. The van der Waals surface area contributed by atoms with Crippen LogP contribution in [-0.4, -0.2) is 50.1 Å². The van der Waals surface area contributed by atoms with E-state index in [-0.39, 0.29) is 25.0 Å². The third-order valence-corrected chi connectivity index (χ3v) is 2.95. The summed E-state index contributed by atoms with van der Waals surface area (Å²) in [5, 5.41) is 2.80. The first-order valence-corrected chi connectivity index (χ1v) is 7.41. The summed E-state index contributed by atoms with van der Waals surface area (Å²) in [5.41, 5.74) is 0.614. The number of benzene rings is 1. The van der Waals surface area contributed by atoms with E-state index < -0.39 is 0 Å². The molecule has 1 amide bonds. The summed E-state index contributed by atoms with van der Waals surface area (Å²) >= 11 is 0. The molecule has 0 spiro atoms. The Morgan fingerprint density at radius 3 is 2.55 bits per heavy atom. The third-order valence-electron chi connectivity index (χ3n) is 2.95.